The fourth-order valence-corrected chi connectivity index (χ4v) is 2.70. The first-order chi connectivity index (χ1) is 12.8. The van der Waals surface area contributed by atoms with Gasteiger partial charge in [-0.2, -0.15) is 13.2 Å². The van der Waals surface area contributed by atoms with Crippen LogP contribution in [0.2, 0.25) is 0 Å². The lowest BCUT2D eigenvalue weighted by molar-refractivity contribution is -0.137. The number of nitrogens with zero attached hydrogens (tertiary/aromatic N) is 4. The lowest BCUT2D eigenvalue weighted by Gasteiger charge is -2.23. The molecule has 1 aromatic carbocycles. The molecular weight excluding hydrogens is 361 g/mol. The number of nitrogens with one attached hydrogen (secondary N) is 2. The smallest absolute Gasteiger partial charge is 0.343 e. The lowest BCUT2D eigenvalue weighted by atomic mass is 10.0. The van der Waals surface area contributed by atoms with Crippen LogP contribution in [0, 0.1) is 0 Å². The monoisotopic (exact) mass is 378 g/mol. The van der Waals surface area contributed by atoms with E-state index in [9.17, 15) is 18.0 Å². The van der Waals surface area contributed by atoms with E-state index < -0.39 is 23.7 Å². The van der Waals surface area contributed by atoms with E-state index in [1.807, 2.05) is 0 Å². The molecule has 0 aliphatic rings. The number of rotatable bonds is 5. The molecule has 0 aliphatic carbocycles. The largest absolute Gasteiger partial charge is 0.416 e. The maximum absolute atomic E-state index is 13.0. The van der Waals surface area contributed by atoms with Crippen LogP contribution >= 0.6 is 0 Å². The molecule has 0 bridgehead atoms. The number of aromatic amines is 1. The van der Waals surface area contributed by atoms with Gasteiger partial charge in [0.15, 0.2) is 11.3 Å². The van der Waals surface area contributed by atoms with E-state index in [4.69, 9.17) is 0 Å². The first-order valence-corrected chi connectivity index (χ1v) is 8.02. The summed E-state index contributed by atoms with van der Waals surface area (Å²) in [6.07, 6.45) is -1.86. The summed E-state index contributed by atoms with van der Waals surface area (Å²) in [7, 11) is 3.54. The van der Waals surface area contributed by atoms with Crippen LogP contribution in [0.4, 0.5) is 13.2 Å². The van der Waals surface area contributed by atoms with Crippen molar-refractivity contribution in [2.75, 3.05) is 20.6 Å². The van der Waals surface area contributed by atoms with Crippen molar-refractivity contribution in [2.24, 2.45) is 0 Å². The van der Waals surface area contributed by atoms with E-state index in [1.54, 1.807) is 25.1 Å². The fourth-order valence-electron chi connectivity index (χ4n) is 2.70. The molecule has 1 unspecified atom stereocenters. The van der Waals surface area contributed by atoms with Crippen LogP contribution in [0.25, 0.3) is 11.2 Å². The van der Waals surface area contributed by atoms with Gasteiger partial charge in [-0.15, -0.1) is 0 Å². The molecule has 142 valence electrons. The Labute approximate surface area is 152 Å². The van der Waals surface area contributed by atoms with Crippen molar-refractivity contribution in [3.05, 3.63) is 53.7 Å². The zero-order valence-electron chi connectivity index (χ0n) is 14.6. The second-order valence-electron chi connectivity index (χ2n) is 6.23. The molecule has 2 heterocycles. The van der Waals surface area contributed by atoms with Gasteiger partial charge in [-0.25, -0.2) is 15.0 Å². The van der Waals surface area contributed by atoms with Gasteiger partial charge in [0.1, 0.15) is 11.8 Å². The van der Waals surface area contributed by atoms with Crippen molar-refractivity contribution in [3.8, 4) is 0 Å². The van der Waals surface area contributed by atoms with Crippen molar-refractivity contribution >= 4 is 17.1 Å². The Morgan fingerprint density at radius 1 is 1.26 bits per heavy atom. The summed E-state index contributed by atoms with van der Waals surface area (Å²) in [6, 6.07) is 4.25. The van der Waals surface area contributed by atoms with Gasteiger partial charge in [0.05, 0.1) is 17.9 Å². The number of benzene rings is 1. The Bertz CT molecular complexity index is 953. The molecule has 0 aliphatic heterocycles. The number of likely N-dealkylation sites (N-methyl/N-ethyl adjacent to an activating group) is 1. The van der Waals surface area contributed by atoms with Gasteiger partial charge in [-0.3, -0.25) is 4.79 Å². The minimum atomic E-state index is -4.46. The maximum Gasteiger partial charge on any atom is 0.416 e. The van der Waals surface area contributed by atoms with Gasteiger partial charge >= 0.3 is 6.18 Å². The van der Waals surface area contributed by atoms with Crippen LogP contribution in [-0.4, -0.2) is 51.4 Å². The van der Waals surface area contributed by atoms with Crippen LogP contribution in [-0.2, 0) is 6.18 Å². The molecular formula is C17H17F3N6O. The molecule has 0 spiro atoms. The molecule has 1 atom stereocenters. The Balaban J connectivity index is 1.92. The van der Waals surface area contributed by atoms with Crippen LogP contribution < -0.4 is 5.32 Å². The fraction of sp³-hybridized carbons (Fsp3) is 0.294. The molecule has 0 fully saturated rings. The second kappa shape index (κ2) is 7.31. The van der Waals surface area contributed by atoms with Crippen molar-refractivity contribution in [1.29, 1.82) is 0 Å². The number of carbonyl (C=O) groups is 1. The average molecular weight is 378 g/mol. The van der Waals surface area contributed by atoms with Gasteiger partial charge in [0.2, 0.25) is 0 Å². The van der Waals surface area contributed by atoms with E-state index >= 15 is 0 Å². The summed E-state index contributed by atoms with van der Waals surface area (Å²) >= 11 is 0. The van der Waals surface area contributed by atoms with Crippen LogP contribution in [0.5, 0.6) is 0 Å². The van der Waals surface area contributed by atoms with Crippen molar-refractivity contribution in [3.63, 3.8) is 0 Å². The molecule has 0 saturated carbocycles. The van der Waals surface area contributed by atoms with E-state index in [-0.39, 0.29) is 5.69 Å². The number of hydrogen-bond donors (Lipinski definition) is 2. The van der Waals surface area contributed by atoms with Crippen molar-refractivity contribution in [1.82, 2.24) is 30.2 Å². The number of aromatic nitrogens is 4. The molecule has 0 radical (unpaired) electrons. The highest BCUT2D eigenvalue weighted by molar-refractivity contribution is 6.02. The normalized spacial score (nSPS) is 13.1. The zero-order chi connectivity index (χ0) is 19.6. The number of hydrogen-bond acceptors (Lipinski definition) is 5. The predicted molar refractivity (Wildman–Crippen MR) is 91.9 cm³/mol. The molecule has 2 N–H and O–H groups in total. The zero-order valence-corrected chi connectivity index (χ0v) is 14.6. The van der Waals surface area contributed by atoms with Crippen LogP contribution in [0.15, 0.2) is 36.9 Å². The maximum atomic E-state index is 13.0. The Morgan fingerprint density at radius 2 is 2.04 bits per heavy atom. The first-order valence-electron chi connectivity index (χ1n) is 8.02. The highest BCUT2D eigenvalue weighted by Gasteiger charge is 2.31. The molecule has 10 heteroatoms. The van der Waals surface area contributed by atoms with Gasteiger partial charge < -0.3 is 15.2 Å². The number of carbonyl (C=O) groups excluding carboxylic acids is 1. The van der Waals surface area contributed by atoms with Gasteiger partial charge in [-0.1, -0.05) is 12.1 Å². The number of imidazole rings is 1. The van der Waals surface area contributed by atoms with Crippen LogP contribution in [0.3, 0.4) is 0 Å². The van der Waals surface area contributed by atoms with E-state index in [1.165, 1.54) is 18.7 Å². The highest BCUT2D eigenvalue weighted by Crippen LogP contribution is 2.31. The summed E-state index contributed by atoms with van der Waals surface area (Å²) in [5, 5.41) is 2.76. The molecule has 2 aromatic heterocycles. The van der Waals surface area contributed by atoms with Crippen LogP contribution in [0.1, 0.15) is 27.7 Å². The molecule has 27 heavy (non-hydrogen) atoms. The number of H-pyrrole nitrogens is 1. The molecule has 7 nitrogen and oxygen atoms in total. The third-order valence-corrected chi connectivity index (χ3v) is 3.91. The number of halogens is 3. The summed E-state index contributed by atoms with van der Waals surface area (Å²) in [5.74, 6) is -0.532. The van der Waals surface area contributed by atoms with E-state index in [2.05, 4.69) is 25.3 Å². The lowest BCUT2D eigenvalue weighted by Crippen LogP contribution is -2.36. The molecule has 0 saturated heterocycles. The summed E-state index contributed by atoms with van der Waals surface area (Å²) < 4.78 is 39.1. The first kappa shape index (κ1) is 18.8. The van der Waals surface area contributed by atoms with Crippen molar-refractivity contribution in [2.45, 2.75) is 12.2 Å². The summed E-state index contributed by atoms with van der Waals surface area (Å²) in [4.78, 5) is 29.2. The molecule has 1 amide bonds. The summed E-state index contributed by atoms with van der Waals surface area (Å²) in [6.45, 7) is 0.310. The topological polar surface area (TPSA) is 86.8 Å². The highest BCUT2D eigenvalue weighted by atomic mass is 19.4. The standard InChI is InChI=1S/C17H17F3N6O/c1-26(2)7-12(10-4-3-5-11(6-10)17(18,19)20)25-16(27)14-13-15(23-8-21-13)24-9-22-14/h3-6,8-9,12H,7H2,1-2H3,(H,25,27)(H,21,22,23,24). The second-order valence-corrected chi connectivity index (χ2v) is 6.23. The third kappa shape index (κ3) is 4.22. The SMILES string of the molecule is CN(C)CC(NC(=O)c1ncnc2nc[nH]c12)c1cccc(C(F)(F)F)c1. The minimum absolute atomic E-state index is 0.0771. The van der Waals surface area contributed by atoms with Crippen molar-refractivity contribution < 1.29 is 18.0 Å². The Kier molecular flexibility index (Phi) is 5.08. The summed E-state index contributed by atoms with van der Waals surface area (Å²) in [5.41, 5.74) is 0.354. The van der Waals surface area contributed by atoms with Gasteiger partial charge in [0.25, 0.3) is 5.91 Å². The molecule has 3 rings (SSSR count). The number of fused-ring (bicyclic) bond motifs is 1. The number of amides is 1. The molecule has 3 aromatic rings. The average Bonchev–Trinajstić information content (AvgIpc) is 3.08. The third-order valence-electron chi connectivity index (χ3n) is 3.91. The van der Waals surface area contributed by atoms with E-state index in [0.29, 0.717) is 23.3 Å². The van der Waals surface area contributed by atoms with Gasteiger partial charge in [-0.05, 0) is 31.8 Å². The van der Waals surface area contributed by atoms with E-state index in [0.717, 1.165) is 12.1 Å². The Hall–Kier alpha value is -3.01. The van der Waals surface area contributed by atoms with Gasteiger partial charge in [0, 0.05) is 6.54 Å². The minimum Gasteiger partial charge on any atom is -0.343 e. The predicted octanol–water partition coefficient (Wildman–Crippen LogP) is 2.40. The Morgan fingerprint density at radius 3 is 2.74 bits per heavy atom. The quantitative estimate of drug-likeness (QED) is 0.712. The number of alkyl halides is 3.